The van der Waals surface area contributed by atoms with Crippen molar-refractivity contribution in [3.8, 4) is 0 Å². The lowest BCUT2D eigenvalue weighted by atomic mass is 10.0. The van der Waals surface area contributed by atoms with Crippen LogP contribution >= 0.6 is 0 Å². The van der Waals surface area contributed by atoms with Crippen LogP contribution in [0.2, 0.25) is 0 Å². The Bertz CT molecular complexity index is 269. The third-order valence-corrected chi connectivity index (χ3v) is 2.84. The van der Waals surface area contributed by atoms with Crippen molar-refractivity contribution in [1.82, 2.24) is 10.3 Å². The van der Waals surface area contributed by atoms with Gasteiger partial charge < -0.3 is 5.32 Å². The molecule has 15 heavy (non-hydrogen) atoms. The molecule has 0 saturated heterocycles. The van der Waals surface area contributed by atoms with Gasteiger partial charge in [-0.05, 0) is 31.4 Å². The zero-order valence-corrected chi connectivity index (χ0v) is 10.2. The molecule has 0 radical (unpaired) electrons. The van der Waals surface area contributed by atoms with Gasteiger partial charge in [0.1, 0.15) is 0 Å². The van der Waals surface area contributed by atoms with Gasteiger partial charge in [-0.15, -0.1) is 0 Å². The molecule has 0 aliphatic carbocycles. The molecule has 0 aliphatic rings. The Hall–Kier alpha value is -0.890. The third kappa shape index (κ3) is 3.63. The molecule has 0 aromatic carbocycles. The predicted molar refractivity (Wildman–Crippen MR) is 64.7 cm³/mol. The van der Waals surface area contributed by atoms with Crippen molar-refractivity contribution >= 4 is 0 Å². The summed E-state index contributed by atoms with van der Waals surface area (Å²) in [7, 11) is 0. The van der Waals surface area contributed by atoms with Crippen molar-refractivity contribution in [3.63, 3.8) is 0 Å². The Balaban J connectivity index is 2.58. The average Bonchev–Trinajstić information content (AvgIpc) is 2.26. The summed E-state index contributed by atoms with van der Waals surface area (Å²) < 4.78 is 0. The molecule has 2 nitrogen and oxygen atoms in total. The fourth-order valence-corrected chi connectivity index (χ4v) is 1.82. The topological polar surface area (TPSA) is 24.9 Å². The molecular formula is C13H22N2. The first kappa shape index (κ1) is 12.2. The third-order valence-electron chi connectivity index (χ3n) is 2.84. The van der Waals surface area contributed by atoms with Crippen LogP contribution in [-0.4, -0.2) is 11.0 Å². The van der Waals surface area contributed by atoms with Crippen molar-refractivity contribution in [2.45, 2.75) is 46.2 Å². The van der Waals surface area contributed by atoms with Gasteiger partial charge in [0.25, 0.3) is 0 Å². The largest absolute Gasteiger partial charge is 0.306 e. The van der Waals surface area contributed by atoms with Gasteiger partial charge in [0.15, 0.2) is 0 Å². The van der Waals surface area contributed by atoms with E-state index >= 15 is 0 Å². The summed E-state index contributed by atoms with van der Waals surface area (Å²) >= 11 is 0. The maximum atomic E-state index is 4.36. The number of hydrogen-bond acceptors (Lipinski definition) is 2. The van der Waals surface area contributed by atoms with Crippen LogP contribution in [-0.2, 0) is 0 Å². The molecule has 1 heterocycles. The summed E-state index contributed by atoms with van der Waals surface area (Å²) in [6.07, 6.45) is 3.01. The number of nitrogens with zero attached hydrogens (tertiary/aromatic N) is 1. The molecule has 2 heteroatoms. The van der Waals surface area contributed by atoms with E-state index < -0.39 is 0 Å². The van der Waals surface area contributed by atoms with Gasteiger partial charge in [0, 0.05) is 18.3 Å². The van der Waals surface area contributed by atoms with E-state index in [9.17, 15) is 0 Å². The van der Waals surface area contributed by atoms with E-state index in [0.29, 0.717) is 18.0 Å². The van der Waals surface area contributed by atoms with Crippen molar-refractivity contribution in [3.05, 3.63) is 30.1 Å². The van der Waals surface area contributed by atoms with E-state index in [1.807, 2.05) is 18.3 Å². The Kier molecular flexibility index (Phi) is 4.76. The Morgan fingerprint density at radius 3 is 2.47 bits per heavy atom. The molecule has 1 rings (SSSR count). The first-order valence-electron chi connectivity index (χ1n) is 5.82. The van der Waals surface area contributed by atoms with E-state index in [-0.39, 0.29) is 0 Å². The monoisotopic (exact) mass is 206 g/mol. The molecular weight excluding hydrogens is 184 g/mol. The molecule has 2 atom stereocenters. The van der Waals surface area contributed by atoms with E-state index in [1.165, 1.54) is 0 Å². The molecule has 2 unspecified atom stereocenters. The van der Waals surface area contributed by atoms with Crippen molar-refractivity contribution in [2.24, 2.45) is 5.92 Å². The van der Waals surface area contributed by atoms with Crippen LogP contribution in [0.3, 0.4) is 0 Å². The van der Waals surface area contributed by atoms with Crippen LogP contribution in [0, 0.1) is 5.92 Å². The van der Waals surface area contributed by atoms with E-state index in [2.05, 4.69) is 44.1 Å². The van der Waals surface area contributed by atoms with Gasteiger partial charge in [0.2, 0.25) is 0 Å². The van der Waals surface area contributed by atoms with E-state index in [0.717, 1.165) is 12.1 Å². The lowest BCUT2D eigenvalue weighted by Gasteiger charge is -2.25. The molecule has 0 fully saturated rings. The zero-order valence-electron chi connectivity index (χ0n) is 10.2. The lowest BCUT2D eigenvalue weighted by molar-refractivity contribution is 0.353. The maximum absolute atomic E-state index is 4.36. The standard InChI is InChI=1S/C13H22N2/c1-5-12(10(2)3)15-11(4)13-8-6-7-9-14-13/h6-12,15H,5H2,1-4H3. The Morgan fingerprint density at radius 1 is 1.27 bits per heavy atom. The minimum atomic E-state index is 0.332. The van der Waals surface area contributed by atoms with Crippen LogP contribution in [0.25, 0.3) is 0 Å². The normalized spacial score (nSPS) is 15.3. The summed E-state index contributed by atoms with van der Waals surface area (Å²) in [4.78, 5) is 4.36. The Labute approximate surface area is 93.1 Å². The van der Waals surface area contributed by atoms with Crippen molar-refractivity contribution in [1.29, 1.82) is 0 Å². The fourth-order valence-electron chi connectivity index (χ4n) is 1.82. The van der Waals surface area contributed by atoms with Gasteiger partial charge in [-0.2, -0.15) is 0 Å². The van der Waals surface area contributed by atoms with Gasteiger partial charge in [-0.3, -0.25) is 4.98 Å². The highest BCUT2D eigenvalue weighted by Crippen LogP contribution is 2.13. The molecule has 0 saturated carbocycles. The Morgan fingerprint density at radius 2 is 2.00 bits per heavy atom. The molecule has 0 amide bonds. The molecule has 0 aliphatic heterocycles. The summed E-state index contributed by atoms with van der Waals surface area (Å²) in [6, 6.07) is 6.97. The van der Waals surface area contributed by atoms with Gasteiger partial charge in [0.05, 0.1) is 5.69 Å². The number of nitrogens with one attached hydrogen (secondary N) is 1. The molecule has 84 valence electrons. The van der Waals surface area contributed by atoms with Gasteiger partial charge in [-0.25, -0.2) is 0 Å². The van der Waals surface area contributed by atoms with Gasteiger partial charge in [-0.1, -0.05) is 26.8 Å². The van der Waals surface area contributed by atoms with Crippen LogP contribution < -0.4 is 5.32 Å². The molecule has 1 N–H and O–H groups in total. The first-order chi connectivity index (χ1) is 7.15. The molecule has 1 aromatic rings. The van der Waals surface area contributed by atoms with Crippen molar-refractivity contribution < 1.29 is 0 Å². The van der Waals surface area contributed by atoms with Crippen LogP contribution in [0.4, 0.5) is 0 Å². The zero-order chi connectivity index (χ0) is 11.3. The number of aromatic nitrogens is 1. The first-order valence-corrected chi connectivity index (χ1v) is 5.82. The number of rotatable bonds is 5. The SMILES string of the molecule is CCC(NC(C)c1ccccn1)C(C)C. The number of pyridine rings is 1. The van der Waals surface area contributed by atoms with Crippen molar-refractivity contribution in [2.75, 3.05) is 0 Å². The van der Waals surface area contributed by atoms with Crippen LogP contribution in [0.1, 0.15) is 45.9 Å². The average molecular weight is 206 g/mol. The van der Waals surface area contributed by atoms with E-state index in [1.54, 1.807) is 0 Å². The highest BCUT2D eigenvalue weighted by atomic mass is 15.0. The van der Waals surface area contributed by atoms with E-state index in [4.69, 9.17) is 0 Å². The highest BCUT2D eigenvalue weighted by molar-refractivity contribution is 5.07. The maximum Gasteiger partial charge on any atom is 0.0570 e. The summed E-state index contributed by atoms with van der Waals surface area (Å²) in [5.74, 6) is 0.668. The number of hydrogen-bond donors (Lipinski definition) is 1. The second-order valence-corrected chi connectivity index (χ2v) is 4.40. The fraction of sp³-hybridized carbons (Fsp3) is 0.615. The molecule has 0 spiro atoms. The summed E-state index contributed by atoms with van der Waals surface area (Å²) in [6.45, 7) is 8.91. The van der Waals surface area contributed by atoms with Crippen LogP contribution in [0.5, 0.6) is 0 Å². The summed E-state index contributed by atoms with van der Waals surface area (Å²) in [5.41, 5.74) is 1.12. The van der Waals surface area contributed by atoms with Crippen LogP contribution in [0.15, 0.2) is 24.4 Å². The predicted octanol–water partition coefficient (Wildman–Crippen LogP) is 3.17. The smallest absolute Gasteiger partial charge is 0.0570 e. The van der Waals surface area contributed by atoms with Gasteiger partial charge >= 0.3 is 0 Å². The quantitative estimate of drug-likeness (QED) is 0.800. The lowest BCUT2D eigenvalue weighted by Crippen LogP contribution is -2.35. The highest BCUT2D eigenvalue weighted by Gasteiger charge is 2.15. The minimum Gasteiger partial charge on any atom is -0.306 e. The minimum absolute atomic E-state index is 0.332. The second kappa shape index (κ2) is 5.86. The molecule has 1 aromatic heterocycles. The molecule has 0 bridgehead atoms. The second-order valence-electron chi connectivity index (χ2n) is 4.40. The summed E-state index contributed by atoms with van der Waals surface area (Å²) in [5, 5.41) is 3.62.